The van der Waals surface area contributed by atoms with Crippen molar-refractivity contribution in [2.75, 3.05) is 13.2 Å². The monoisotopic (exact) mass is 967 g/mol. The van der Waals surface area contributed by atoms with Gasteiger partial charge in [-0.05, 0) is 130 Å². The van der Waals surface area contributed by atoms with Crippen LogP contribution in [0.15, 0.2) is 65.3 Å². The molecule has 4 aromatic carbocycles. The summed E-state index contributed by atoms with van der Waals surface area (Å²) >= 11 is 0. The predicted octanol–water partition coefficient (Wildman–Crippen LogP) is 19.2. The van der Waals surface area contributed by atoms with E-state index in [1.54, 1.807) is 0 Å². The molecule has 6 rings (SSSR count). The maximum Gasteiger partial charge on any atom is 0.387 e. The van der Waals surface area contributed by atoms with E-state index in [4.69, 9.17) is 25.8 Å². The lowest BCUT2D eigenvalue weighted by Gasteiger charge is -2.22. The summed E-state index contributed by atoms with van der Waals surface area (Å²) in [6.45, 7) is 46.6. The third-order valence-electron chi connectivity index (χ3n) is 12.6. The van der Waals surface area contributed by atoms with Gasteiger partial charge in [-0.25, -0.2) is 0 Å². The van der Waals surface area contributed by atoms with Crippen molar-refractivity contribution in [1.29, 1.82) is 0 Å². The Kier molecular flexibility index (Phi) is 16.8. The van der Waals surface area contributed by atoms with Gasteiger partial charge in [-0.15, -0.1) is 0 Å². The van der Waals surface area contributed by atoms with Gasteiger partial charge in [0.05, 0.1) is 13.2 Å². The van der Waals surface area contributed by atoms with E-state index in [0.29, 0.717) is 36.9 Å². The van der Waals surface area contributed by atoms with E-state index in [2.05, 4.69) is 187 Å². The van der Waals surface area contributed by atoms with Crippen molar-refractivity contribution in [3.63, 3.8) is 0 Å². The number of benzene rings is 4. The predicted molar refractivity (Wildman–Crippen MR) is 294 cm³/mol. The molecular formula is C60H88O6P2. The number of hydrogen-bond donors (Lipinski definition) is 0. The SMILES string of the molecule is CC(C)Cc1cc(C(C)(C)C)c2op(OCCCCOp3oc4c(C(C)(C)C)cc(CC(C)C)cc4c4cc(CC(C)C)cc(C(C)(C)C)c4o3)oc3c(C(C)(C)C)cc(CC(C)C)cc3c2c1. The molecule has 0 atom stereocenters. The van der Waals surface area contributed by atoms with Gasteiger partial charge < -0.3 is 16.8 Å². The van der Waals surface area contributed by atoms with Crippen molar-refractivity contribution in [2.45, 2.75) is 199 Å². The number of unbranched alkanes of at least 4 members (excludes halogenated alkanes) is 1. The van der Waals surface area contributed by atoms with Crippen molar-refractivity contribution < 1.29 is 25.8 Å². The van der Waals surface area contributed by atoms with Crippen LogP contribution in [0.2, 0.25) is 0 Å². The molecule has 2 aromatic heterocycles. The van der Waals surface area contributed by atoms with Crippen LogP contribution < -0.4 is 9.05 Å². The largest absolute Gasteiger partial charge is 0.399 e. The highest BCUT2D eigenvalue weighted by molar-refractivity contribution is 7.32. The van der Waals surface area contributed by atoms with Crippen molar-refractivity contribution >= 4 is 60.4 Å². The first-order valence-corrected chi connectivity index (χ1v) is 28.0. The first kappa shape index (κ1) is 53.9. The van der Waals surface area contributed by atoms with Crippen LogP contribution in [-0.4, -0.2) is 13.2 Å². The lowest BCUT2D eigenvalue weighted by Crippen LogP contribution is -2.13. The van der Waals surface area contributed by atoms with E-state index in [-0.39, 0.29) is 21.7 Å². The smallest absolute Gasteiger partial charge is 0.387 e. The Bertz CT molecular complexity index is 2420. The minimum atomic E-state index is -1.78. The Morgan fingerprint density at radius 2 is 0.559 bits per heavy atom. The summed E-state index contributed by atoms with van der Waals surface area (Å²) in [6, 6.07) is 18.9. The molecule has 68 heavy (non-hydrogen) atoms. The van der Waals surface area contributed by atoms with E-state index in [1.807, 2.05) is 0 Å². The van der Waals surface area contributed by atoms with Crippen molar-refractivity contribution in [3.05, 3.63) is 93.0 Å². The Balaban J connectivity index is 1.41. The fraction of sp³-hybridized carbons (Fsp3) is 0.600. The topological polar surface area (TPSA) is 71.0 Å². The molecule has 0 aliphatic rings. The van der Waals surface area contributed by atoms with Crippen molar-refractivity contribution in [1.82, 2.24) is 0 Å². The average molecular weight is 967 g/mol. The highest BCUT2D eigenvalue weighted by Crippen LogP contribution is 2.45. The molecule has 0 fully saturated rings. The summed E-state index contributed by atoms with van der Waals surface area (Å²) in [5.74, 6) is 2.08. The maximum atomic E-state index is 7.02. The van der Waals surface area contributed by atoms with Crippen LogP contribution in [0.25, 0.3) is 43.9 Å². The lowest BCUT2D eigenvalue weighted by atomic mass is 9.81. The second kappa shape index (κ2) is 21.1. The Morgan fingerprint density at radius 3 is 0.735 bits per heavy atom. The van der Waals surface area contributed by atoms with E-state index in [1.165, 1.54) is 44.5 Å². The highest BCUT2D eigenvalue weighted by atomic mass is 31.1. The zero-order valence-corrected chi connectivity index (χ0v) is 47.7. The average Bonchev–Trinajstić information content (AvgIpc) is 3.43. The molecule has 0 radical (unpaired) electrons. The van der Waals surface area contributed by atoms with Gasteiger partial charge in [0, 0.05) is 43.8 Å². The van der Waals surface area contributed by atoms with Crippen LogP contribution >= 0.6 is 16.5 Å². The lowest BCUT2D eigenvalue weighted by molar-refractivity contribution is 0.319. The van der Waals surface area contributed by atoms with Crippen LogP contribution in [0.1, 0.15) is 196 Å². The molecule has 2 heterocycles. The standard InChI is InChI=1S/C60H88O6P2/c1-37(2)25-41-29-45-46-30-42(26-38(3)4)34-50(58(12,13)14)54(46)64-67(63-53(45)49(33-41)57(9,10)11)61-23-21-22-24-62-68-65-55-47(31-43(27-39(5)6)35-51(55)59(15,16)17)48-32-44(28-40(7)8)36-52(56(48)66-68)60(18,19)20/h29-40H,21-28H2,1-20H3. The van der Waals surface area contributed by atoms with Gasteiger partial charge in [-0.1, -0.05) is 163 Å². The number of hydrogen-bond acceptors (Lipinski definition) is 6. The van der Waals surface area contributed by atoms with Gasteiger partial charge >= 0.3 is 16.5 Å². The number of rotatable bonds is 15. The van der Waals surface area contributed by atoms with Crippen LogP contribution in [0.4, 0.5) is 0 Å². The maximum absolute atomic E-state index is 7.02. The van der Waals surface area contributed by atoms with Crippen LogP contribution in [0.5, 0.6) is 0 Å². The summed E-state index contributed by atoms with van der Waals surface area (Å²) in [6.07, 6.45) is 5.45. The van der Waals surface area contributed by atoms with Gasteiger partial charge in [0.2, 0.25) is 0 Å². The Hall–Kier alpha value is -3.40. The zero-order chi connectivity index (χ0) is 50.3. The minimum Gasteiger partial charge on any atom is -0.399 e. The molecule has 8 heteroatoms. The molecule has 6 nitrogen and oxygen atoms in total. The molecule has 0 amide bonds. The molecule has 0 spiro atoms. The third kappa shape index (κ3) is 13.3. The Labute approximate surface area is 413 Å². The van der Waals surface area contributed by atoms with Gasteiger partial charge in [-0.2, -0.15) is 0 Å². The molecule has 0 unspecified atom stereocenters. The van der Waals surface area contributed by atoms with Gasteiger partial charge in [0.15, 0.2) is 0 Å². The molecule has 0 N–H and O–H groups in total. The highest BCUT2D eigenvalue weighted by Gasteiger charge is 2.28. The van der Waals surface area contributed by atoms with Crippen molar-refractivity contribution in [3.8, 4) is 0 Å². The molecular weight excluding hydrogens is 879 g/mol. The third-order valence-corrected chi connectivity index (χ3v) is 14.7. The van der Waals surface area contributed by atoms with Gasteiger partial charge in [0.1, 0.15) is 22.3 Å². The zero-order valence-electron chi connectivity index (χ0n) is 45.9. The van der Waals surface area contributed by atoms with E-state index < -0.39 is 16.5 Å². The second-order valence-corrected chi connectivity index (χ2v) is 27.8. The van der Waals surface area contributed by atoms with Crippen molar-refractivity contribution in [2.24, 2.45) is 23.7 Å². The first-order chi connectivity index (χ1) is 31.5. The summed E-state index contributed by atoms with van der Waals surface area (Å²) in [7, 11) is -3.56. The molecule has 0 aliphatic heterocycles. The molecule has 0 saturated carbocycles. The van der Waals surface area contributed by atoms with E-state index in [0.717, 1.165) is 82.4 Å². The summed E-state index contributed by atoms with van der Waals surface area (Å²) in [5.41, 5.74) is 12.9. The van der Waals surface area contributed by atoms with Crippen LogP contribution in [-0.2, 0) is 47.3 Å². The van der Waals surface area contributed by atoms with Crippen LogP contribution in [0.3, 0.4) is 0 Å². The summed E-state index contributed by atoms with van der Waals surface area (Å²) in [5, 5.41) is 4.41. The Morgan fingerprint density at radius 1 is 0.353 bits per heavy atom. The molecule has 0 saturated heterocycles. The van der Waals surface area contributed by atoms with Gasteiger partial charge in [0.25, 0.3) is 0 Å². The summed E-state index contributed by atoms with van der Waals surface area (Å²) in [4.78, 5) is 0. The minimum absolute atomic E-state index is 0.165. The fourth-order valence-electron chi connectivity index (χ4n) is 9.46. The molecule has 0 bridgehead atoms. The quantitative estimate of drug-likeness (QED) is 0.0955. The van der Waals surface area contributed by atoms with Gasteiger partial charge in [-0.3, -0.25) is 9.05 Å². The molecule has 6 aromatic rings. The van der Waals surface area contributed by atoms with E-state index >= 15 is 0 Å². The van der Waals surface area contributed by atoms with Crippen LogP contribution in [0, 0.1) is 23.7 Å². The second-order valence-electron chi connectivity index (χ2n) is 25.7. The number of fused-ring (bicyclic) bond motifs is 6. The molecule has 374 valence electrons. The fourth-order valence-corrected chi connectivity index (χ4v) is 11.7. The molecule has 0 aliphatic carbocycles. The summed E-state index contributed by atoms with van der Waals surface area (Å²) < 4.78 is 41.5. The van der Waals surface area contributed by atoms with E-state index in [9.17, 15) is 0 Å². The first-order valence-electron chi connectivity index (χ1n) is 25.8. The normalized spacial score (nSPS) is 13.2.